The molecule has 0 aromatic rings. The lowest BCUT2D eigenvalue weighted by molar-refractivity contribution is -0.131. The van der Waals surface area contributed by atoms with Crippen molar-refractivity contribution in [2.24, 2.45) is 0 Å². The zero-order chi connectivity index (χ0) is 38.0. The van der Waals surface area contributed by atoms with Gasteiger partial charge in [-0.2, -0.15) is 0 Å². The Morgan fingerprint density at radius 3 is 0.865 bits per heavy atom. The maximum absolute atomic E-state index is 12.5. The minimum Gasteiger partial charge on any atom is -0.394 e. The van der Waals surface area contributed by atoms with Crippen molar-refractivity contribution in [3.8, 4) is 0 Å². The second-order valence-electron chi connectivity index (χ2n) is 16.7. The Morgan fingerprint density at radius 2 is 0.615 bits per heavy atom. The van der Waals surface area contributed by atoms with Crippen molar-refractivity contribution in [1.29, 1.82) is 0 Å². The van der Waals surface area contributed by atoms with Crippen LogP contribution in [-0.2, 0) is 4.79 Å². The van der Waals surface area contributed by atoms with E-state index in [9.17, 15) is 20.1 Å². The molecule has 4 N–H and O–H groups in total. The predicted molar refractivity (Wildman–Crippen MR) is 227 cm³/mol. The fourth-order valence-electron chi connectivity index (χ4n) is 7.72. The zero-order valence-corrected chi connectivity index (χ0v) is 35.5. The van der Waals surface area contributed by atoms with Crippen molar-refractivity contribution >= 4 is 5.91 Å². The van der Waals surface area contributed by atoms with E-state index < -0.39 is 24.2 Å². The summed E-state index contributed by atoms with van der Waals surface area (Å²) in [5.74, 6) is -0.464. The van der Waals surface area contributed by atoms with Crippen LogP contribution in [0.15, 0.2) is 0 Å². The summed E-state index contributed by atoms with van der Waals surface area (Å²) in [5, 5.41) is 33.4. The summed E-state index contributed by atoms with van der Waals surface area (Å²) in [6, 6.07) is -0.706. The highest BCUT2D eigenvalue weighted by Gasteiger charge is 2.23. The van der Waals surface area contributed by atoms with Crippen LogP contribution >= 0.6 is 0 Å². The molecule has 0 saturated carbocycles. The van der Waals surface area contributed by atoms with Crippen LogP contribution in [0.2, 0.25) is 0 Å². The Balaban J connectivity index is 3.55. The number of hydrogen-bond donors (Lipinski definition) is 4. The second-order valence-corrected chi connectivity index (χ2v) is 16.7. The smallest absolute Gasteiger partial charge is 0.249 e. The van der Waals surface area contributed by atoms with Crippen LogP contribution in [0.3, 0.4) is 0 Å². The average Bonchev–Trinajstić information content (AvgIpc) is 3.15. The molecule has 0 rings (SSSR count). The summed E-state index contributed by atoms with van der Waals surface area (Å²) < 4.78 is 0. The molecule has 5 nitrogen and oxygen atoms in total. The van der Waals surface area contributed by atoms with Gasteiger partial charge in [0.15, 0.2) is 0 Å². The van der Waals surface area contributed by atoms with Gasteiger partial charge in [-0.1, -0.05) is 258 Å². The Bertz CT molecular complexity index is 688. The van der Waals surface area contributed by atoms with E-state index in [0.717, 1.165) is 32.1 Å². The Labute approximate surface area is 326 Å². The number of aliphatic hydroxyl groups is 3. The third-order valence-corrected chi connectivity index (χ3v) is 11.5. The van der Waals surface area contributed by atoms with E-state index in [4.69, 9.17) is 0 Å². The molecule has 0 spiro atoms. The lowest BCUT2D eigenvalue weighted by Crippen LogP contribution is -2.49. The van der Waals surface area contributed by atoms with E-state index in [1.807, 2.05) is 0 Å². The number of nitrogens with one attached hydrogen (secondary N) is 1. The monoisotopic (exact) mass is 738 g/mol. The van der Waals surface area contributed by atoms with E-state index in [-0.39, 0.29) is 6.61 Å². The van der Waals surface area contributed by atoms with Gasteiger partial charge < -0.3 is 20.6 Å². The first kappa shape index (κ1) is 51.4. The molecule has 0 heterocycles. The van der Waals surface area contributed by atoms with Gasteiger partial charge in [-0.3, -0.25) is 4.79 Å². The van der Waals surface area contributed by atoms with Crippen molar-refractivity contribution in [3.63, 3.8) is 0 Å². The van der Waals surface area contributed by atoms with Gasteiger partial charge in [0.05, 0.1) is 18.8 Å². The molecule has 0 aliphatic rings. The number of carbonyl (C=O) groups excluding carboxylic acids is 1. The van der Waals surface area contributed by atoms with Crippen molar-refractivity contribution in [2.45, 2.75) is 289 Å². The lowest BCUT2D eigenvalue weighted by Gasteiger charge is -2.23. The highest BCUT2D eigenvalue weighted by molar-refractivity contribution is 5.80. The first-order valence-electron chi connectivity index (χ1n) is 23.8. The standard InChI is InChI=1S/C47H95NO4/c1-3-5-7-9-11-13-15-17-19-21-23-24-26-27-29-31-33-35-37-39-41-45(50)44(43-49)48-47(52)46(51)42-40-38-36-34-32-30-28-25-22-20-18-16-14-12-10-8-6-4-2/h44-46,49-51H,3-43H2,1-2H3,(H,48,52). The molecular weight excluding hydrogens is 643 g/mol. The molecule has 0 bridgehead atoms. The molecule has 0 aliphatic heterocycles. The van der Waals surface area contributed by atoms with E-state index in [1.54, 1.807) is 0 Å². The van der Waals surface area contributed by atoms with Crippen molar-refractivity contribution in [2.75, 3.05) is 6.61 Å². The number of carbonyl (C=O) groups is 1. The first-order chi connectivity index (χ1) is 25.6. The second kappa shape index (κ2) is 43.1. The Hall–Kier alpha value is -0.650. The third kappa shape index (κ3) is 37.7. The van der Waals surface area contributed by atoms with E-state index >= 15 is 0 Å². The van der Waals surface area contributed by atoms with Gasteiger partial charge in [-0.05, 0) is 12.8 Å². The SMILES string of the molecule is CCCCCCCCCCCCCCCCCCCCCCC(O)C(CO)NC(=O)C(O)CCCCCCCCCCCCCCCCCCCC. The van der Waals surface area contributed by atoms with Crippen LogP contribution in [0.4, 0.5) is 0 Å². The van der Waals surface area contributed by atoms with Crippen LogP contribution in [0.25, 0.3) is 0 Å². The number of hydrogen-bond acceptors (Lipinski definition) is 4. The predicted octanol–water partition coefficient (Wildman–Crippen LogP) is 13.8. The van der Waals surface area contributed by atoms with Gasteiger partial charge in [0, 0.05) is 0 Å². The van der Waals surface area contributed by atoms with E-state index in [2.05, 4.69) is 19.2 Å². The van der Waals surface area contributed by atoms with Crippen LogP contribution in [0.1, 0.15) is 271 Å². The first-order valence-corrected chi connectivity index (χ1v) is 23.8. The van der Waals surface area contributed by atoms with Crippen molar-refractivity contribution in [1.82, 2.24) is 5.32 Å². The van der Waals surface area contributed by atoms with Gasteiger partial charge in [-0.15, -0.1) is 0 Å². The average molecular weight is 738 g/mol. The quantitative estimate of drug-likeness (QED) is 0.0469. The zero-order valence-electron chi connectivity index (χ0n) is 35.5. The summed E-state index contributed by atoms with van der Waals surface area (Å²) in [4.78, 5) is 12.5. The molecule has 0 aliphatic carbocycles. The maximum atomic E-state index is 12.5. The molecule has 0 radical (unpaired) electrons. The van der Waals surface area contributed by atoms with Crippen LogP contribution in [0, 0.1) is 0 Å². The third-order valence-electron chi connectivity index (χ3n) is 11.5. The topological polar surface area (TPSA) is 89.8 Å². The number of amides is 1. The minimum absolute atomic E-state index is 0.308. The molecule has 3 unspecified atom stereocenters. The van der Waals surface area contributed by atoms with Crippen LogP contribution in [0.5, 0.6) is 0 Å². The van der Waals surface area contributed by atoms with Crippen LogP contribution < -0.4 is 5.32 Å². The van der Waals surface area contributed by atoms with Gasteiger partial charge in [0.2, 0.25) is 5.91 Å². The normalized spacial score (nSPS) is 13.4. The van der Waals surface area contributed by atoms with Gasteiger partial charge in [0.25, 0.3) is 0 Å². The highest BCUT2D eigenvalue weighted by atomic mass is 16.3. The number of rotatable bonds is 44. The van der Waals surface area contributed by atoms with Crippen LogP contribution in [-0.4, -0.2) is 46.1 Å². The van der Waals surface area contributed by atoms with E-state index in [0.29, 0.717) is 12.8 Å². The van der Waals surface area contributed by atoms with Gasteiger partial charge >= 0.3 is 0 Å². The highest BCUT2D eigenvalue weighted by Crippen LogP contribution is 2.17. The molecule has 1 amide bonds. The summed E-state index contributed by atoms with van der Waals surface area (Å²) in [6.45, 7) is 4.26. The summed E-state index contributed by atoms with van der Waals surface area (Å²) in [7, 11) is 0. The molecular formula is C47H95NO4. The van der Waals surface area contributed by atoms with Gasteiger partial charge in [0.1, 0.15) is 6.10 Å². The summed E-state index contributed by atoms with van der Waals surface area (Å²) >= 11 is 0. The molecule has 5 heteroatoms. The molecule has 0 aromatic carbocycles. The van der Waals surface area contributed by atoms with Crippen molar-refractivity contribution in [3.05, 3.63) is 0 Å². The Kier molecular flexibility index (Phi) is 42.5. The largest absolute Gasteiger partial charge is 0.394 e. The summed E-state index contributed by atoms with van der Waals surface area (Å²) in [6.07, 6.45) is 49.7. The lowest BCUT2D eigenvalue weighted by atomic mass is 10.0. The molecule has 52 heavy (non-hydrogen) atoms. The molecule has 0 fully saturated rings. The number of aliphatic hydroxyl groups excluding tert-OH is 3. The molecule has 0 aromatic heterocycles. The minimum atomic E-state index is -1.07. The van der Waals surface area contributed by atoms with Gasteiger partial charge in [-0.25, -0.2) is 0 Å². The van der Waals surface area contributed by atoms with E-state index in [1.165, 1.54) is 212 Å². The molecule has 0 saturated heterocycles. The number of unbranched alkanes of at least 4 members (excludes halogenated alkanes) is 36. The fraction of sp³-hybridized carbons (Fsp3) is 0.979. The molecule has 312 valence electrons. The maximum Gasteiger partial charge on any atom is 0.249 e. The fourth-order valence-corrected chi connectivity index (χ4v) is 7.72. The van der Waals surface area contributed by atoms with Crippen molar-refractivity contribution < 1.29 is 20.1 Å². The summed E-state index contributed by atoms with van der Waals surface area (Å²) in [5.41, 5.74) is 0. The Morgan fingerprint density at radius 1 is 0.385 bits per heavy atom. The molecule has 3 atom stereocenters.